The van der Waals surface area contributed by atoms with E-state index in [0.29, 0.717) is 5.56 Å². The second-order valence-corrected chi connectivity index (χ2v) is 4.79. The van der Waals surface area contributed by atoms with Gasteiger partial charge in [-0.05, 0) is 30.5 Å². The lowest BCUT2D eigenvalue weighted by Gasteiger charge is -2.32. The minimum absolute atomic E-state index is 0.0808. The maximum Gasteiger partial charge on any atom is 0.250 e. The molecule has 18 heavy (non-hydrogen) atoms. The summed E-state index contributed by atoms with van der Waals surface area (Å²) in [6.45, 7) is 0.152. The molecule has 2 aliphatic rings. The summed E-state index contributed by atoms with van der Waals surface area (Å²) in [5.74, 6) is -0.129. The average Bonchev–Trinajstić information content (AvgIpc) is 3.16. The van der Waals surface area contributed by atoms with E-state index in [9.17, 15) is 14.7 Å². The number of rotatable bonds is 2. The molecule has 2 N–H and O–H groups in total. The van der Waals surface area contributed by atoms with Crippen LogP contribution in [0.25, 0.3) is 0 Å². The highest BCUT2D eigenvalue weighted by molar-refractivity contribution is 5.95. The van der Waals surface area contributed by atoms with Crippen LogP contribution in [0.4, 0.5) is 0 Å². The zero-order chi connectivity index (χ0) is 12.7. The number of piperazine rings is 1. The smallest absolute Gasteiger partial charge is 0.250 e. The number of nitrogens with zero attached hydrogens (tertiary/aromatic N) is 1. The van der Waals surface area contributed by atoms with Crippen LogP contribution in [0.2, 0.25) is 0 Å². The van der Waals surface area contributed by atoms with E-state index < -0.39 is 6.04 Å². The summed E-state index contributed by atoms with van der Waals surface area (Å²) in [7, 11) is 0. The van der Waals surface area contributed by atoms with Gasteiger partial charge in [-0.25, -0.2) is 0 Å². The molecule has 0 unspecified atom stereocenters. The Hall–Kier alpha value is -2.04. The van der Waals surface area contributed by atoms with Gasteiger partial charge in [-0.2, -0.15) is 0 Å². The maximum absolute atomic E-state index is 12.3. The Labute approximate surface area is 104 Å². The van der Waals surface area contributed by atoms with Crippen LogP contribution in [-0.2, 0) is 9.59 Å². The predicted octanol–water partition coefficient (Wildman–Crippen LogP) is 0.554. The summed E-state index contributed by atoms with van der Waals surface area (Å²) in [5, 5.41) is 12.1. The molecule has 5 nitrogen and oxygen atoms in total. The minimum atomic E-state index is -0.668. The van der Waals surface area contributed by atoms with Gasteiger partial charge in [0.05, 0.1) is 6.54 Å². The molecular formula is C13H14N2O3. The van der Waals surface area contributed by atoms with Gasteiger partial charge in [-0.15, -0.1) is 0 Å². The number of benzene rings is 1. The van der Waals surface area contributed by atoms with E-state index in [1.807, 2.05) is 0 Å². The van der Waals surface area contributed by atoms with Crippen molar-refractivity contribution in [3.8, 4) is 5.75 Å². The molecule has 1 heterocycles. The van der Waals surface area contributed by atoms with Gasteiger partial charge in [0, 0.05) is 6.04 Å². The average molecular weight is 246 g/mol. The van der Waals surface area contributed by atoms with E-state index in [1.165, 1.54) is 12.1 Å². The fourth-order valence-electron chi connectivity index (χ4n) is 2.29. The Kier molecular flexibility index (Phi) is 2.47. The summed E-state index contributed by atoms with van der Waals surface area (Å²) in [6.07, 6.45) is 1.96. The van der Waals surface area contributed by atoms with Crippen molar-refractivity contribution < 1.29 is 14.7 Å². The lowest BCUT2D eigenvalue weighted by atomic mass is 10.0. The van der Waals surface area contributed by atoms with Gasteiger partial charge < -0.3 is 15.3 Å². The van der Waals surface area contributed by atoms with Gasteiger partial charge in [-0.3, -0.25) is 9.59 Å². The Balaban J connectivity index is 1.90. The first kappa shape index (κ1) is 11.1. The number of nitrogens with one attached hydrogen (secondary N) is 1. The lowest BCUT2D eigenvalue weighted by molar-refractivity contribution is -0.145. The second-order valence-electron chi connectivity index (χ2n) is 4.79. The van der Waals surface area contributed by atoms with Gasteiger partial charge in [0.2, 0.25) is 5.91 Å². The molecule has 1 aromatic carbocycles. The van der Waals surface area contributed by atoms with Gasteiger partial charge >= 0.3 is 0 Å². The molecular weight excluding hydrogens is 232 g/mol. The zero-order valence-electron chi connectivity index (χ0n) is 9.80. The lowest BCUT2D eigenvalue weighted by Crippen LogP contribution is -2.54. The third kappa shape index (κ3) is 1.92. The number of carbonyl (C=O) groups is 2. The fourth-order valence-corrected chi connectivity index (χ4v) is 2.29. The molecule has 2 fully saturated rings. The molecule has 1 atom stereocenters. The van der Waals surface area contributed by atoms with Crippen LogP contribution in [-0.4, -0.2) is 34.4 Å². The Morgan fingerprint density at radius 2 is 2.06 bits per heavy atom. The molecule has 1 aliphatic heterocycles. The van der Waals surface area contributed by atoms with Crippen molar-refractivity contribution >= 4 is 11.8 Å². The van der Waals surface area contributed by atoms with Crippen molar-refractivity contribution in [3.63, 3.8) is 0 Å². The van der Waals surface area contributed by atoms with E-state index in [4.69, 9.17) is 0 Å². The molecule has 0 bridgehead atoms. The van der Waals surface area contributed by atoms with Crippen LogP contribution < -0.4 is 5.32 Å². The zero-order valence-corrected chi connectivity index (χ0v) is 9.80. The monoisotopic (exact) mass is 246 g/mol. The minimum Gasteiger partial charge on any atom is -0.508 e. The van der Waals surface area contributed by atoms with Crippen molar-refractivity contribution in [2.24, 2.45) is 0 Å². The molecule has 1 saturated carbocycles. The molecule has 94 valence electrons. The van der Waals surface area contributed by atoms with E-state index in [1.54, 1.807) is 17.0 Å². The highest BCUT2D eigenvalue weighted by Gasteiger charge is 2.41. The largest absolute Gasteiger partial charge is 0.508 e. The molecule has 1 aromatic rings. The van der Waals surface area contributed by atoms with Gasteiger partial charge in [0.25, 0.3) is 5.91 Å². The van der Waals surface area contributed by atoms with E-state index in [0.717, 1.165) is 12.8 Å². The number of phenols is 1. The number of carbonyl (C=O) groups excluding carboxylic acids is 2. The van der Waals surface area contributed by atoms with E-state index >= 15 is 0 Å². The molecule has 0 aromatic heterocycles. The first-order chi connectivity index (χ1) is 8.65. The third-order valence-corrected chi connectivity index (χ3v) is 3.34. The number of hydrogen-bond acceptors (Lipinski definition) is 3. The fraction of sp³-hybridized carbons (Fsp3) is 0.385. The Morgan fingerprint density at radius 3 is 2.72 bits per heavy atom. The summed E-state index contributed by atoms with van der Waals surface area (Å²) < 4.78 is 0. The van der Waals surface area contributed by atoms with Gasteiger partial charge in [0.1, 0.15) is 11.8 Å². The van der Waals surface area contributed by atoms with Crippen molar-refractivity contribution in [2.75, 3.05) is 6.54 Å². The molecule has 1 saturated heterocycles. The van der Waals surface area contributed by atoms with Gasteiger partial charge in [-0.1, -0.05) is 12.1 Å². The van der Waals surface area contributed by atoms with Crippen molar-refractivity contribution in [1.29, 1.82) is 0 Å². The number of aromatic hydroxyl groups is 1. The molecule has 0 spiro atoms. The summed E-state index contributed by atoms with van der Waals surface area (Å²) in [6, 6.07) is 6.01. The summed E-state index contributed by atoms with van der Waals surface area (Å²) in [4.78, 5) is 25.6. The number of amides is 2. The quantitative estimate of drug-likeness (QED) is 0.800. The number of phenolic OH excluding ortho intramolecular Hbond substituents is 1. The Morgan fingerprint density at radius 1 is 1.28 bits per heavy atom. The first-order valence-electron chi connectivity index (χ1n) is 6.04. The highest BCUT2D eigenvalue weighted by Crippen LogP contribution is 2.31. The second kappa shape index (κ2) is 4.01. The molecule has 1 aliphatic carbocycles. The standard InChI is InChI=1S/C13H14N2O3/c16-10-3-1-2-8(6-10)12-13(18)15(9-4-5-9)7-11(17)14-12/h1-3,6,9,12,16H,4-5,7H2,(H,14,17)/t12-/m1/s1. The van der Waals surface area contributed by atoms with Crippen LogP contribution in [0.1, 0.15) is 24.4 Å². The van der Waals surface area contributed by atoms with Crippen molar-refractivity contribution in [3.05, 3.63) is 29.8 Å². The van der Waals surface area contributed by atoms with Crippen LogP contribution in [0.5, 0.6) is 5.75 Å². The molecule has 2 amide bonds. The van der Waals surface area contributed by atoms with Crippen LogP contribution in [0.3, 0.4) is 0 Å². The number of hydrogen-bond donors (Lipinski definition) is 2. The van der Waals surface area contributed by atoms with Gasteiger partial charge in [0.15, 0.2) is 0 Å². The maximum atomic E-state index is 12.3. The SMILES string of the molecule is O=C1CN(C2CC2)C(=O)[C@@H](c2cccc(O)c2)N1. The van der Waals surface area contributed by atoms with Crippen LogP contribution in [0, 0.1) is 0 Å². The highest BCUT2D eigenvalue weighted by atomic mass is 16.3. The summed E-state index contributed by atoms with van der Waals surface area (Å²) in [5.41, 5.74) is 0.624. The van der Waals surface area contributed by atoms with Crippen LogP contribution in [0.15, 0.2) is 24.3 Å². The predicted molar refractivity (Wildman–Crippen MR) is 63.7 cm³/mol. The van der Waals surface area contributed by atoms with Crippen molar-refractivity contribution in [2.45, 2.75) is 24.9 Å². The summed E-state index contributed by atoms with van der Waals surface area (Å²) >= 11 is 0. The Bertz CT molecular complexity index is 511. The first-order valence-corrected chi connectivity index (χ1v) is 6.04. The van der Waals surface area contributed by atoms with E-state index in [2.05, 4.69) is 5.32 Å². The van der Waals surface area contributed by atoms with E-state index in [-0.39, 0.29) is 30.2 Å². The molecule has 3 rings (SSSR count). The third-order valence-electron chi connectivity index (χ3n) is 3.34. The molecule has 0 radical (unpaired) electrons. The van der Waals surface area contributed by atoms with Crippen LogP contribution >= 0.6 is 0 Å². The topological polar surface area (TPSA) is 69.6 Å². The molecule has 5 heteroatoms. The van der Waals surface area contributed by atoms with Crippen molar-refractivity contribution in [1.82, 2.24) is 10.2 Å². The normalized spacial score (nSPS) is 24.0.